The van der Waals surface area contributed by atoms with Crippen LogP contribution in [0.4, 0.5) is 4.39 Å². The summed E-state index contributed by atoms with van der Waals surface area (Å²) in [6, 6.07) is 5.84. The first-order chi connectivity index (χ1) is 9.13. The monoisotopic (exact) mass is 264 g/mol. The van der Waals surface area contributed by atoms with Crippen LogP contribution in [0.1, 0.15) is 19.5 Å². The Balaban J connectivity index is 1.90. The van der Waals surface area contributed by atoms with Crippen molar-refractivity contribution >= 4 is 0 Å². The fourth-order valence-electron chi connectivity index (χ4n) is 1.54. The van der Waals surface area contributed by atoms with E-state index < -0.39 is 0 Å². The SMILES string of the molecule is CC(C)CNCc1coc(Oc2cccc(F)c2)n1. The molecule has 0 fully saturated rings. The average molecular weight is 264 g/mol. The van der Waals surface area contributed by atoms with E-state index in [1.807, 2.05) is 0 Å². The standard InChI is InChI=1S/C14H17FN2O2/c1-10(2)7-16-8-12-9-18-14(17-12)19-13-5-3-4-11(15)6-13/h3-6,9-10,16H,7-8H2,1-2H3. The Labute approximate surface area is 111 Å². The number of hydrogen-bond acceptors (Lipinski definition) is 4. The first kappa shape index (κ1) is 13.5. The minimum atomic E-state index is -0.358. The first-order valence-electron chi connectivity index (χ1n) is 6.22. The third-order valence-electron chi connectivity index (χ3n) is 2.39. The van der Waals surface area contributed by atoms with Crippen molar-refractivity contribution in [3.05, 3.63) is 42.0 Å². The highest BCUT2D eigenvalue weighted by molar-refractivity contribution is 5.24. The van der Waals surface area contributed by atoms with Crippen LogP contribution in [0.2, 0.25) is 0 Å². The zero-order valence-corrected chi connectivity index (χ0v) is 11.0. The quantitative estimate of drug-likeness (QED) is 0.869. The topological polar surface area (TPSA) is 47.3 Å². The molecule has 0 atom stereocenters. The molecule has 102 valence electrons. The van der Waals surface area contributed by atoms with Crippen LogP contribution in [0.15, 0.2) is 34.9 Å². The van der Waals surface area contributed by atoms with E-state index in [0.717, 1.165) is 12.2 Å². The van der Waals surface area contributed by atoms with Gasteiger partial charge in [-0.3, -0.25) is 0 Å². The molecule has 0 aliphatic heterocycles. The van der Waals surface area contributed by atoms with Gasteiger partial charge in [0.15, 0.2) is 0 Å². The Hall–Kier alpha value is -1.88. The molecule has 2 aromatic rings. The van der Waals surface area contributed by atoms with Gasteiger partial charge in [0.25, 0.3) is 0 Å². The maximum atomic E-state index is 13.0. The third kappa shape index (κ3) is 4.37. The number of nitrogens with one attached hydrogen (secondary N) is 1. The molecule has 0 saturated carbocycles. The zero-order chi connectivity index (χ0) is 13.7. The predicted octanol–water partition coefficient (Wildman–Crippen LogP) is 3.35. The van der Waals surface area contributed by atoms with Gasteiger partial charge in [-0.1, -0.05) is 19.9 Å². The van der Waals surface area contributed by atoms with Crippen molar-refractivity contribution in [1.82, 2.24) is 10.3 Å². The van der Waals surface area contributed by atoms with E-state index in [4.69, 9.17) is 9.15 Å². The maximum Gasteiger partial charge on any atom is 0.399 e. The lowest BCUT2D eigenvalue weighted by Gasteiger charge is -2.04. The van der Waals surface area contributed by atoms with Gasteiger partial charge in [-0.25, -0.2) is 4.39 Å². The number of halogens is 1. The van der Waals surface area contributed by atoms with Crippen LogP contribution < -0.4 is 10.1 Å². The summed E-state index contributed by atoms with van der Waals surface area (Å²) in [5.41, 5.74) is 0.757. The molecule has 19 heavy (non-hydrogen) atoms. The van der Waals surface area contributed by atoms with Gasteiger partial charge in [0.2, 0.25) is 0 Å². The minimum Gasteiger partial charge on any atom is -0.417 e. The molecular formula is C14H17FN2O2. The van der Waals surface area contributed by atoms with Gasteiger partial charge in [-0.05, 0) is 24.6 Å². The van der Waals surface area contributed by atoms with Crippen LogP contribution in [0, 0.1) is 11.7 Å². The zero-order valence-electron chi connectivity index (χ0n) is 11.0. The second-order valence-electron chi connectivity index (χ2n) is 4.69. The smallest absolute Gasteiger partial charge is 0.399 e. The lowest BCUT2D eigenvalue weighted by atomic mass is 10.2. The molecule has 1 heterocycles. The number of nitrogens with zero attached hydrogens (tertiary/aromatic N) is 1. The van der Waals surface area contributed by atoms with Gasteiger partial charge in [-0.2, -0.15) is 4.98 Å². The van der Waals surface area contributed by atoms with Gasteiger partial charge in [-0.15, -0.1) is 0 Å². The van der Waals surface area contributed by atoms with Gasteiger partial charge < -0.3 is 14.5 Å². The average Bonchev–Trinajstić information content (AvgIpc) is 2.76. The molecule has 0 aliphatic rings. The van der Waals surface area contributed by atoms with E-state index in [0.29, 0.717) is 18.2 Å². The maximum absolute atomic E-state index is 13.0. The van der Waals surface area contributed by atoms with Crippen LogP contribution in [0.5, 0.6) is 11.8 Å². The van der Waals surface area contributed by atoms with Crippen LogP contribution >= 0.6 is 0 Å². The van der Waals surface area contributed by atoms with Crippen molar-refractivity contribution in [2.45, 2.75) is 20.4 Å². The van der Waals surface area contributed by atoms with E-state index in [-0.39, 0.29) is 11.9 Å². The Kier molecular flexibility index (Phi) is 4.52. The summed E-state index contributed by atoms with van der Waals surface area (Å²) in [6.07, 6.45) is 1.65. The molecule has 1 N–H and O–H groups in total. The third-order valence-corrected chi connectivity index (χ3v) is 2.39. The largest absolute Gasteiger partial charge is 0.417 e. The van der Waals surface area contributed by atoms with Gasteiger partial charge >= 0.3 is 6.08 Å². The summed E-state index contributed by atoms with van der Waals surface area (Å²) in [4.78, 5) is 4.16. The molecule has 0 amide bonds. The first-order valence-corrected chi connectivity index (χ1v) is 6.22. The van der Waals surface area contributed by atoms with Crippen LogP contribution in [-0.4, -0.2) is 11.5 Å². The number of hydrogen-bond donors (Lipinski definition) is 1. The molecule has 1 aromatic heterocycles. The van der Waals surface area contributed by atoms with E-state index in [1.54, 1.807) is 12.1 Å². The highest BCUT2D eigenvalue weighted by Crippen LogP contribution is 2.21. The highest BCUT2D eigenvalue weighted by atomic mass is 19.1. The summed E-state index contributed by atoms with van der Waals surface area (Å²) in [7, 11) is 0. The summed E-state index contributed by atoms with van der Waals surface area (Å²) in [6.45, 7) is 5.80. The molecule has 2 rings (SSSR count). The lowest BCUT2D eigenvalue weighted by molar-refractivity contribution is 0.329. The number of aromatic nitrogens is 1. The van der Waals surface area contributed by atoms with Gasteiger partial charge in [0.05, 0.1) is 5.69 Å². The van der Waals surface area contributed by atoms with Crippen molar-refractivity contribution < 1.29 is 13.5 Å². The second-order valence-corrected chi connectivity index (χ2v) is 4.69. The number of ether oxygens (including phenoxy) is 1. The summed E-state index contributed by atoms with van der Waals surface area (Å²) in [5.74, 6) is 0.585. The molecule has 0 bridgehead atoms. The van der Waals surface area contributed by atoms with Crippen molar-refractivity contribution in [3.63, 3.8) is 0 Å². The molecular weight excluding hydrogens is 247 g/mol. The fourth-order valence-corrected chi connectivity index (χ4v) is 1.54. The van der Waals surface area contributed by atoms with Crippen molar-refractivity contribution in [1.29, 1.82) is 0 Å². The predicted molar refractivity (Wildman–Crippen MR) is 69.5 cm³/mol. The van der Waals surface area contributed by atoms with E-state index in [2.05, 4.69) is 24.1 Å². The Morgan fingerprint density at radius 1 is 1.42 bits per heavy atom. The summed E-state index contributed by atoms with van der Waals surface area (Å²) < 4.78 is 23.5. The molecule has 0 radical (unpaired) electrons. The Morgan fingerprint density at radius 2 is 2.26 bits per heavy atom. The van der Waals surface area contributed by atoms with Gasteiger partial charge in [0, 0.05) is 12.6 Å². The molecule has 4 nitrogen and oxygen atoms in total. The number of oxazole rings is 1. The lowest BCUT2D eigenvalue weighted by Crippen LogP contribution is -2.19. The number of rotatable bonds is 6. The van der Waals surface area contributed by atoms with Crippen LogP contribution in [0.3, 0.4) is 0 Å². The second kappa shape index (κ2) is 6.33. The van der Waals surface area contributed by atoms with Crippen LogP contribution in [-0.2, 0) is 6.54 Å². The summed E-state index contributed by atoms with van der Waals surface area (Å²) >= 11 is 0. The number of benzene rings is 1. The van der Waals surface area contributed by atoms with E-state index in [1.165, 1.54) is 18.4 Å². The molecule has 0 saturated heterocycles. The minimum absolute atomic E-state index is 0.118. The Morgan fingerprint density at radius 3 is 3.00 bits per heavy atom. The van der Waals surface area contributed by atoms with Gasteiger partial charge in [0.1, 0.15) is 17.8 Å². The molecule has 0 spiro atoms. The van der Waals surface area contributed by atoms with Crippen molar-refractivity contribution in [2.24, 2.45) is 5.92 Å². The fraction of sp³-hybridized carbons (Fsp3) is 0.357. The van der Waals surface area contributed by atoms with E-state index >= 15 is 0 Å². The Bertz CT molecular complexity index is 526. The van der Waals surface area contributed by atoms with Crippen molar-refractivity contribution in [3.8, 4) is 11.8 Å². The molecule has 5 heteroatoms. The van der Waals surface area contributed by atoms with E-state index in [9.17, 15) is 4.39 Å². The summed E-state index contributed by atoms with van der Waals surface area (Å²) in [5, 5.41) is 3.25. The van der Waals surface area contributed by atoms with Crippen LogP contribution in [0.25, 0.3) is 0 Å². The molecule has 0 unspecified atom stereocenters. The molecule has 1 aromatic carbocycles. The highest BCUT2D eigenvalue weighted by Gasteiger charge is 2.07. The normalized spacial score (nSPS) is 10.9. The van der Waals surface area contributed by atoms with Crippen molar-refractivity contribution in [2.75, 3.05) is 6.54 Å². The molecule has 0 aliphatic carbocycles.